The van der Waals surface area contributed by atoms with Gasteiger partial charge in [0, 0.05) is 42.4 Å². The van der Waals surface area contributed by atoms with Crippen LogP contribution in [0.25, 0.3) is 10.6 Å². The first-order valence-corrected chi connectivity index (χ1v) is 15.8. The third-order valence-corrected chi connectivity index (χ3v) is 9.06. The largest absolute Gasteiger partial charge is 0.497 e. The molecule has 0 spiro atoms. The van der Waals surface area contributed by atoms with Gasteiger partial charge < -0.3 is 10.1 Å². The van der Waals surface area contributed by atoms with Crippen molar-refractivity contribution in [2.75, 3.05) is 19.4 Å². The molecular formula is C35H35N3O2S2. The summed E-state index contributed by atoms with van der Waals surface area (Å²) in [5.41, 5.74) is 5.32. The maximum absolute atomic E-state index is 13.0. The Labute approximate surface area is 256 Å². The molecule has 1 heterocycles. The summed E-state index contributed by atoms with van der Waals surface area (Å²) in [4.78, 5) is 22.0. The van der Waals surface area contributed by atoms with Gasteiger partial charge in [-0.3, -0.25) is 9.69 Å². The molecule has 0 aliphatic carbocycles. The van der Waals surface area contributed by atoms with Gasteiger partial charge in [0.05, 0.1) is 12.8 Å². The number of ether oxygens (including phenoxy) is 1. The number of amides is 1. The molecule has 0 aliphatic rings. The molecule has 0 unspecified atom stereocenters. The average Bonchev–Trinajstić information content (AvgIpc) is 3.43. The van der Waals surface area contributed by atoms with Gasteiger partial charge in [-0.25, -0.2) is 4.98 Å². The minimum atomic E-state index is -0.0864. The Bertz CT molecular complexity index is 1570. The standard InChI is InChI=1S/C35H35N3O2S2/c1-26-33(42-35(37-26)30-11-5-3-6-12-30)34(39)36-23-27-16-18-28(19-17-27)24-38(20-21-41-32-14-7-4-8-15-32)25-29-10-9-13-31(22-29)40-2/h3-19,22H,20-21,23-25H2,1-2H3,(H,36,39). The highest BCUT2D eigenvalue weighted by Gasteiger charge is 2.16. The van der Waals surface area contributed by atoms with Crippen molar-refractivity contribution in [1.29, 1.82) is 0 Å². The fourth-order valence-electron chi connectivity index (χ4n) is 4.65. The third-order valence-electron chi connectivity index (χ3n) is 6.87. The normalized spacial score (nSPS) is 11.0. The van der Waals surface area contributed by atoms with E-state index in [1.807, 2.05) is 61.2 Å². The van der Waals surface area contributed by atoms with E-state index in [1.165, 1.54) is 27.4 Å². The number of nitrogens with one attached hydrogen (secondary N) is 1. The Hall–Kier alpha value is -3.91. The van der Waals surface area contributed by atoms with Crippen molar-refractivity contribution in [2.45, 2.75) is 31.5 Å². The zero-order valence-corrected chi connectivity index (χ0v) is 25.6. The molecule has 1 N–H and O–H groups in total. The first-order chi connectivity index (χ1) is 20.6. The van der Waals surface area contributed by atoms with E-state index >= 15 is 0 Å². The Balaban J connectivity index is 1.19. The van der Waals surface area contributed by atoms with Gasteiger partial charge in [0.2, 0.25) is 0 Å². The monoisotopic (exact) mass is 593 g/mol. The summed E-state index contributed by atoms with van der Waals surface area (Å²) in [7, 11) is 1.71. The van der Waals surface area contributed by atoms with E-state index < -0.39 is 0 Å². The van der Waals surface area contributed by atoms with Crippen molar-refractivity contribution in [3.8, 4) is 16.3 Å². The third kappa shape index (κ3) is 8.32. The van der Waals surface area contributed by atoms with Crippen molar-refractivity contribution in [1.82, 2.24) is 15.2 Å². The summed E-state index contributed by atoms with van der Waals surface area (Å²) in [5.74, 6) is 1.79. The van der Waals surface area contributed by atoms with E-state index in [4.69, 9.17) is 4.74 Å². The van der Waals surface area contributed by atoms with Crippen LogP contribution in [0.2, 0.25) is 0 Å². The van der Waals surface area contributed by atoms with Crippen LogP contribution in [0.1, 0.15) is 32.1 Å². The van der Waals surface area contributed by atoms with Crippen LogP contribution >= 0.6 is 23.1 Å². The van der Waals surface area contributed by atoms with Crippen molar-refractivity contribution in [2.24, 2.45) is 0 Å². The number of hydrogen-bond acceptors (Lipinski definition) is 6. The van der Waals surface area contributed by atoms with E-state index in [9.17, 15) is 4.79 Å². The maximum Gasteiger partial charge on any atom is 0.263 e. The summed E-state index contributed by atoms with van der Waals surface area (Å²) >= 11 is 3.31. The van der Waals surface area contributed by atoms with E-state index in [2.05, 4.69) is 81.9 Å². The van der Waals surface area contributed by atoms with E-state index in [-0.39, 0.29) is 5.91 Å². The van der Waals surface area contributed by atoms with Gasteiger partial charge in [-0.2, -0.15) is 0 Å². The molecule has 0 fully saturated rings. The van der Waals surface area contributed by atoms with Crippen LogP contribution in [0.3, 0.4) is 0 Å². The molecule has 0 saturated carbocycles. The van der Waals surface area contributed by atoms with Gasteiger partial charge >= 0.3 is 0 Å². The lowest BCUT2D eigenvalue weighted by Crippen LogP contribution is -2.25. The van der Waals surface area contributed by atoms with Crippen molar-refractivity contribution in [3.05, 3.63) is 136 Å². The first-order valence-electron chi connectivity index (χ1n) is 14.0. The Morgan fingerprint density at radius 3 is 2.29 bits per heavy atom. The number of aromatic nitrogens is 1. The molecule has 1 aromatic heterocycles. The molecule has 7 heteroatoms. The molecule has 0 radical (unpaired) electrons. The predicted octanol–water partition coefficient (Wildman–Crippen LogP) is 7.85. The maximum atomic E-state index is 13.0. The number of nitrogens with zero attached hydrogens (tertiary/aromatic N) is 2. The number of thiazole rings is 1. The number of aryl methyl sites for hydroxylation is 1. The average molecular weight is 594 g/mol. The minimum absolute atomic E-state index is 0.0864. The highest BCUT2D eigenvalue weighted by atomic mass is 32.2. The van der Waals surface area contributed by atoms with Crippen LogP contribution in [0.5, 0.6) is 5.75 Å². The SMILES string of the molecule is COc1cccc(CN(CCSc2ccccc2)Cc2ccc(CNC(=O)c3sc(-c4ccccc4)nc3C)cc2)c1. The van der Waals surface area contributed by atoms with E-state index in [1.54, 1.807) is 7.11 Å². The topological polar surface area (TPSA) is 54.5 Å². The summed E-state index contributed by atoms with van der Waals surface area (Å²) in [6, 6.07) is 37.3. The molecular weight excluding hydrogens is 559 g/mol. The van der Waals surface area contributed by atoms with Gasteiger partial charge in [0.1, 0.15) is 15.6 Å². The van der Waals surface area contributed by atoms with Gasteiger partial charge in [-0.05, 0) is 47.9 Å². The Morgan fingerprint density at radius 2 is 1.55 bits per heavy atom. The first kappa shape index (κ1) is 29.6. The second-order valence-corrected chi connectivity index (χ2v) is 12.2. The Morgan fingerprint density at radius 1 is 0.857 bits per heavy atom. The lowest BCUT2D eigenvalue weighted by Gasteiger charge is -2.23. The number of carbonyl (C=O) groups excluding carboxylic acids is 1. The molecule has 0 aliphatic heterocycles. The fourth-order valence-corrected chi connectivity index (χ4v) is 6.57. The zero-order chi connectivity index (χ0) is 29.1. The minimum Gasteiger partial charge on any atom is -0.497 e. The van der Waals surface area contributed by atoms with Gasteiger partial charge in [-0.15, -0.1) is 23.1 Å². The quantitative estimate of drug-likeness (QED) is 0.141. The molecule has 0 saturated heterocycles. The number of benzene rings is 4. The van der Waals surface area contributed by atoms with Crippen LogP contribution in [-0.4, -0.2) is 35.2 Å². The van der Waals surface area contributed by atoms with Gasteiger partial charge in [0.15, 0.2) is 0 Å². The summed E-state index contributed by atoms with van der Waals surface area (Å²) in [5, 5.41) is 3.94. The fraction of sp³-hybridized carbons (Fsp3) is 0.200. The van der Waals surface area contributed by atoms with Gasteiger partial charge in [-0.1, -0.05) is 84.9 Å². The Kier molecular flexibility index (Phi) is 10.4. The molecule has 5 aromatic rings. The second-order valence-electron chi connectivity index (χ2n) is 10.0. The number of hydrogen-bond donors (Lipinski definition) is 1. The molecule has 0 bridgehead atoms. The second kappa shape index (κ2) is 14.8. The molecule has 5 nitrogen and oxygen atoms in total. The summed E-state index contributed by atoms with van der Waals surface area (Å²) in [6.07, 6.45) is 0. The number of methoxy groups -OCH3 is 1. The van der Waals surface area contributed by atoms with Crippen LogP contribution in [0.15, 0.2) is 114 Å². The highest BCUT2D eigenvalue weighted by molar-refractivity contribution is 7.99. The summed E-state index contributed by atoms with van der Waals surface area (Å²) < 4.78 is 5.45. The van der Waals surface area contributed by atoms with E-state index in [0.717, 1.165) is 53.0 Å². The summed E-state index contributed by atoms with van der Waals surface area (Å²) in [6.45, 7) is 4.99. The molecule has 5 rings (SSSR count). The lowest BCUT2D eigenvalue weighted by atomic mass is 10.1. The molecule has 42 heavy (non-hydrogen) atoms. The lowest BCUT2D eigenvalue weighted by molar-refractivity contribution is 0.0954. The number of carbonyl (C=O) groups is 1. The van der Waals surface area contributed by atoms with Crippen molar-refractivity contribution in [3.63, 3.8) is 0 Å². The number of rotatable bonds is 13. The zero-order valence-electron chi connectivity index (χ0n) is 24.0. The highest BCUT2D eigenvalue weighted by Crippen LogP contribution is 2.28. The van der Waals surface area contributed by atoms with Crippen LogP contribution < -0.4 is 10.1 Å². The van der Waals surface area contributed by atoms with Crippen LogP contribution in [0, 0.1) is 6.92 Å². The van der Waals surface area contributed by atoms with Crippen LogP contribution in [-0.2, 0) is 19.6 Å². The predicted molar refractivity (Wildman–Crippen MR) is 174 cm³/mol. The molecule has 214 valence electrons. The number of thioether (sulfide) groups is 1. The smallest absolute Gasteiger partial charge is 0.263 e. The molecule has 0 atom stereocenters. The van der Waals surface area contributed by atoms with E-state index in [0.29, 0.717) is 11.4 Å². The van der Waals surface area contributed by atoms with Gasteiger partial charge in [0.25, 0.3) is 5.91 Å². The van der Waals surface area contributed by atoms with Crippen molar-refractivity contribution >= 4 is 29.0 Å². The van der Waals surface area contributed by atoms with Crippen LogP contribution in [0.4, 0.5) is 0 Å². The molecule has 4 aromatic carbocycles. The molecule has 1 amide bonds. The van der Waals surface area contributed by atoms with Crippen molar-refractivity contribution < 1.29 is 9.53 Å².